The first-order valence-electron chi connectivity index (χ1n) is 6.91. The van der Waals surface area contributed by atoms with Crippen LogP contribution in [0.25, 0.3) is 5.69 Å². The second kappa shape index (κ2) is 6.63. The molecule has 2 aromatic rings. The highest BCUT2D eigenvalue weighted by molar-refractivity contribution is 5.37. The molecule has 0 bridgehead atoms. The van der Waals surface area contributed by atoms with Gasteiger partial charge < -0.3 is 10.1 Å². The fourth-order valence-electron chi connectivity index (χ4n) is 2.33. The summed E-state index contributed by atoms with van der Waals surface area (Å²) in [5.41, 5.74) is 4.19. The Kier molecular flexibility index (Phi) is 4.87. The van der Waals surface area contributed by atoms with Crippen molar-refractivity contribution < 1.29 is 4.74 Å². The van der Waals surface area contributed by atoms with Crippen molar-refractivity contribution in [2.45, 2.75) is 33.4 Å². The molecular formula is C15H22N4O. The van der Waals surface area contributed by atoms with E-state index in [9.17, 15) is 0 Å². The van der Waals surface area contributed by atoms with E-state index >= 15 is 0 Å². The molecule has 0 amide bonds. The molecule has 108 valence electrons. The number of methoxy groups -OCH3 is 1. The quantitative estimate of drug-likeness (QED) is 0.878. The van der Waals surface area contributed by atoms with Crippen LogP contribution in [0.2, 0.25) is 0 Å². The third-order valence-corrected chi connectivity index (χ3v) is 3.32. The lowest BCUT2D eigenvalue weighted by atomic mass is 10.2. The summed E-state index contributed by atoms with van der Waals surface area (Å²) in [4.78, 5) is 0. The van der Waals surface area contributed by atoms with Gasteiger partial charge in [-0.25, -0.2) is 4.68 Å². The molecule has 5 nitrogen and oxygen atoms in total. The smallest absolute Gasteiger partial charge is 0.103 e. The first-order chi connectivity index (χ1) is 9.67. The molecule has 0 aliphatic heterocycles. The summed E-state index contributed by atoms with van der Waals surface area (Å²) in [7, 11) is 1.70. The number of nitrogens with one attached hydrogen (secondary N) is 1. The van der Waals surface area contributed by atoms with Gasteiger partial charge in [-0.15, -0.1) is 5.10 Å². The minimum Gasteiger partial charge on any atom is -0.380 e. The maximum absolute atomic E-state index is 5.17. The molecule has 1 atom stereocenters. The van der Waals surface area contributed by atoms with E-state index in [1.165, 1.54) is 0 Å². The van der Waals surface area contributed by atoms with Crippen LogP contribution in [0.4, 0.5) is 0 Å². The molecule has 0 fully saturated rings. The topological polar surface area (TPSA) is 52.0 Å². The van der Waals surface area contributed by atoms with Crippen molar-refractivity contribution in [3.63, 3.8) is 0 Å². The Morgan fingerprint density at radius 3 is 2.90 bits per heavy atom. The molecule has 0 radical (unpaired) electrons. The van der Waals surface area contributed by atoms with Crippen LogP contribution in [0.1, 0.15) is 36.8 Å². The van der Waals surface area contributed by atoms with E-state index in [0.717, 1.165) is 29.2 Å². The summed E-state index contributed by atoms with van der Waals surface area (Å²) < 4.78 is 7.05. The second-order valence-electron chi connectivity index (χ2n) is 4.85. The molecule has 1 unspecified atom stereocenters. The van der Waals surface area contributed by atoms with Crippen LogP contribution in [0.5, 0.6) is 0 Å². The zero-order valence-corrected chi connectivity index (χ0v) is 12.6. The molecule has 1 aromatic heterocycles. The number of ether oxygens (including phenoxy) is 1. The molecule has 0 saturated carbocycles. The molecule has 1 aromatic carbocycles. The van der Waals surface area contributed by atoms with Crippen molar-refractivity contribution in [3.05, 3.63) is 41.2 Å². The summed E-state index contributed by atoms with van der Waals surface area (Å²) in [5.74, 6) is 0. The Morgan fingerprint density at radius 2 is 2.20 bits per heavy atom. The number of aromatic nitrogens is 3. The van der Waals surface area contributed by atoms with E-state index < -0.39 is 0 Å². The van der Waals surface area contributed by atoms with Crippen molar-refractivity contribution in [2.24, 2.45) is 0 Å². The number of hydrogen-bond donors (Lipinski definition) is 1. The van der Waals surface area contributed by atoms with Gasteiger partial charge in [0.15, 0.2) is 0 Å². The average Bonchev–Trinajstić information content (AvgIpc) is 2.82. The normalized spacial score (nSPS) is 12.6. The van der Waals surface area contributed by atoms with Gasteiger partial charge in [-0.1, -0.05) is 24.3 Å². The van der Waals surface area contributed by atoms with Crippen molar-refractivity contribution in [1.29, 1.82) is 0 Å². The third-order valence-electron chi connectivity index (χ3n) is 3.32. The zero-order chi connectivity index (χ0) is 14.5. The summed E-state index contributed by atoms with van der Waals surface area (Å²) in [6.45, 7) is 7.75. The maximum atomic E-state index is 5.17. The summed E-state index contributed by atoms with van der Waals surface area (Å²) in [5, 5.41) is 11.9. The van der Waals surface area contributed by atoms with Crippen molar-refractivity contribution >= 4 is 0 Å². The Labute approximate surface area is 120 Å². The van der Waals surface area contributed by atoms with Crippen LogP contribution in [0.3, 0.4) is 0 Å². The number of benzene rings is 1. The highest BCUT2D eigenvalue weighted by atomic mass is 16.5. The van der Waals surface area contributed by atoms with E-state index in [-0.39, 0.29) is 6.04 Å². The SMILES string of the molecule is CCNC(C)c1nnn(-c2cccc(COC)c2)c1C. The lowest BCUT2D eigenvalue weighted by molar-refractivity contribution is 0.185. The van der Waals surface area contributed by atoms with Gasteiger partial charge in [0.1, 0.15) is 5.69 Å². The fourth-order valence-corrected chi connectivity index (χ4v) is 2.33. The molecule has 2 rings (SSSR count). The van der Waals surface area contributed by atoms with Gasteiger partial charge in [0.05, 0.1) is 24.0 Å². The van der Waals surface area contributed by atoms with Crippen LogP contribution in [0, 0.1) is 6.92 Å². The third kappa shape index (κ3) is 3.05. The van der Waals surface area contributed by atoms with E-state index in [2.05, 4.69) is 35.5 Å². The summed E-state index contributed by atoms with van der Waals surface area (Å²) in [6, 6.07) is 8.37. The highest BCUT2D eigenvalue weighted by Gasteiger charge is 2.15. The molecule has 0 aliphatic carbocycles. The van der Waals surface area contributed by atoms with E-state index in [4.69, 9.17) is 4.74 Å². The predicted molar refractivity (Wildman–Crippen MR) is 78.9 cm³/mol. The Morgan fingerprint density at radius 1 is 1.40 bits per heavy atom. The Balaban J connectivity index is 2.31. The van der Waals surface area contributed by atoms with Gasteiger partial charge in [-0.05, 0) is 38.1 Å². The number of hydrogen-bond acceptors (Lipinski definition) is 4. The highest BCUT2D eigenvalue weighted by Crippen LogP contribution is 2.18. The maximum Gasteiger partial charge on any atom is 0.103 e. The van der Waals surface area contributed by atoms with Gasteiger partial charge in [0.25, 0.3) is 0 Å². The zero-order valence-electron chi connectivity index (χ0n) is 12.6. The van der Waals surface area contributed by atoms with E-state index in [1.807, 2.05) is 29.8 Å². The van der Waals surface area contributed by atoms with Crippen molar-refractivity contribution in [1.82, 2.24) is 20.3 Å². The molecule has 1 heterocycles. The van der Waals surface area contributed by atoms with Gasteiger partial charge >= 0.3 is 0 Å². The average molecular weight is 274 g/mol. The van der Waals surface area contributed by atoms with Crippen LogP contribution in [0.15, 0.2) is 24.3 Å². The second-order valence-corrected chi connectivity index (χ2v) is 4.85. The number of nitrogens with zero attached hydrogens (tertiary/aromatic N) is 3. The van der Waals surface area contributed by atoms with E-state index in [0.29, 0.717) is 6.61 Å². The largest absolute Gasteiger partial charge is 0.380 e. The van der Waals surface area contributed by atoms with Crippen LogP contribution in [-0.4, -0.2) is 28.6 Å². The monoisotopic (exact) mass is 274 g/mol. The predicted octanol–water partition coefficient (Wildman–Crippen LogP) is 2.39. The molecule has 0 aliphatic rings. The van der Waals surface area contributed by atoms with Crippen molar-refractivity contribution in [3.8, 4) is 5.69 Å². The standard InChI is InChI=1S/C15H22N4O/c1-5-16-11(2)15-12(3)19(18-17-15)14-8-6-7-13(9-14)10-20-4/h6-9,11,16H,5,10H2,1-4H3. The van der Waals surface area contributed by atoms with Crippen molar-refractivity contribution in [2.75, 3.05) is 13.7 Å². The molecular weight excluding hydrogens is 252 g/mol. The Bertz CT molecular complexity index is 565. The minimum atomic E-state index is 0.205. The molecule has 5 heteroatoms. The molecule has 0 saturated heterocycles. The van der Waals surface area contributed by atoms with Crippen LogP contribution in [-0.2, 0) is 11.3 Å². The van der Waals surface area contributed by atoms with Crippen LogP contribution < -0.4 is 5.32 Å². The first-order valence-corrected chi connectivity index (χ1v) is 6.91. The van der Waals surface area contributed by atoms with Gasteiger partial charge in [0, 0.05) is 7.11 Å². The van der Waals surface area contributed by atoms with E-state index in [1.54, 1.807) is 7.11 Å². The van der Waals surface area contributed by atoms with Gasteiger partial charge in [-0.3, -0.25) is 0 Å². The lowest BCUT2D eigenvalue weighted by Crippen LogP contribution is -2.19. The summed E-state index contributed by atoms with van der Waals surface area (Å²) >= 11 is 0. The lowest BCUT2D eigenvalue weighted by Gasteiger charge is -2.10. The van der Waals surface area contributed by atoms with Crippen LogP contribution >= 0.6 is 0 Å². The minimum absolute atomic E-state index is 0.205. The Hall–Kier alpha value is -1.72. The fraction of sp³-hybridized carbons (Fsp3) is 0.467. The van der Waals surface area contributed by atoms with Gasteiger partial charge in [0.2, 0.25) is 0 Å². The molecule has 0 spiro atoms. The number of rotatable bonds is 6. The van der Waals surface area contributed by atoms with Gasteiger partial charge in [-0.2, -0.15) is 0 Å². The molecule has 1 N–H and O–H groups in total. The summed E-state index contributed by atoms with van der Waals surface area (Å²) in [6.07, 6.45) is 0. The first kappa shape index (κ1) is 14.7. The molecule has 20 heavy (non-hydrogen) atoms.